The van der Waals surface area contributed by atoms with E-state index in [0.717, 1.165) is 5.56 Å². The van der Waals surface area contributed by atoms with Gasteiger partial charge in [0.25, 0.3) is 0 Å². The minimum atomic E-state index is -0.591. The van der Waals surface area contributed by atoms with Gasteiger partial charge in [-0.2, -0.15) is 0 Å². The largest absolute Gasteiger partial charge is 0.505 e. The molecule has 1 aliphatic heterocycles. The third kappa shape index (κ3) is 2.15. The number of carbonyl (C=O) groups is 1. The molecule has 0 unspecified atom stereocenters. The number of hydrogen-bond donors (Lipinski definition) is 1. The second-order valence-electron chi connectivity index (χ2n) is 3.72. The maximum Gasteiger partial charge on any atom is 0.343 e. The molecule has 0 saturated heterocycles. The summed E-state index contributed by atoms with van der Waals surface area (Å²) < 4.78 is 4.60. The van der Waals surface area contributed by atoms with Crippen LogP contribution in [0.2, 0.25) is 0 Å². The molecular weight excluding hydrogens is 232 g/mol. The van der Waals surface area contributed by atoms with E-state index >= 15 is 0 Å². The van der Waals surface area contributed by atoms with Crippen molar-refractivity contribution in [3.63, 3.8) is 0 Å². The van der Waals surface area contributed by atoms with Crippen molar-refractivity contribution in [1.29, 1.82) is 0 Å². The molecule has 0 fully saturated rings. The Bertz CT molecular complexity index is 571. The highest BCUT2D eigenvalue weighted by atomic mass is 16.5. The van der Waals surface area contributed by atoms with Crippen LogP contribution in [0.15, 0.2) is 46.5 Å². The Labute approximate surface area is 104 Å². The van der Waals surface area contributed by atoms with Gasteiger partial charge in [0.1, 0.15) is 11.3 Å². The van der Waals surface area contributed by atoms with E-state index in [0.29, 0.717) is 11.4 Å². The van der Waals surface area contributed by atoms with Crippen LogP contribution in [0.3, 0.4) is 0 Å². The third-order valence-corrected chi connectivity index (χ3v) is 2.53. The molecule has 0 radical (unpaired) electrons. The number of aliphatic hydroxyl groups is 1. The molecule has 0 bridgehead atoms. The Morgan fingerprint density at radius 3 is 2.67 bits per heavy atom. The normalized spacial score (nSPS) is 17.0. The van der Waals surface area contributed by atoms with Crippen molar-refractivity contribution in [2.75, 3.05) is 7.11 Å². The van der Waals surface area contributed by atoms with Crippen molar-refractivity contribution in [3.8, 4) is 0 Å². The van der Waals surface area contributed by atoms with Crippen LogP contribution in [0.5, 0.6) is 0 Å². The Morgan fingerprint density at radius 2 is 2.06 bits per heavy atom. The summed E-state index contributed by atoms with van der Waals surface area (Å²) in [7, 11) is 1.26. The van der Waals surface area contributed by atoms with E-state index in [4.69, 9.17) is 0 Å². The first-order chi connectivity index (χ1) is 8.63. The van der Waals surface area contributed by atoms with Crippen LogP contribution in [-0.4, -0.2) is 28.9 Å². The number of hydrogen-bond acceptors (Lipinski definition) is 5. The molecule has 0 amide bonds. The van der Waals surface area contributed by atoms with Gasteiger partial charge in [-0.1, -0.05) is 0 Å². The highest BCUT2D eigenvalue weighted by Crippen LogP contribution is 2.25. The van der Waals surface area contributed by atoms with Gasteiger partial charge in [-0.15, -0.1) is 0 Å². The predicted molar refractivity (Wildman–Crippen MR) is 67.0 cm³/mol. The van der Waals surface area contributed by atoms with Crippen molar-refractivity contribution in [1.82, 2.24) is 4.98 Å². The standard InChI is InChI=1S/C13H12N2O3/c1-8-11(13(17)18-2)12(16)10(15-8)7-9-3-5-14-6-4-9/h3-7,16H,1-2H3/b10-7-. The lowest BCUT2D eigenvalue weighted by Crippen LogP contribution is -2.11. The van der Waals surface area contributed by atoms with Gasteiger partial charge in [0, 0.05) is 12.4 Å². The summed E-state index contributed by atoms with van der Waals surface area (Å²) in [6.45, 7) is 1.65. The summed E-state index contributed by atoms with van der Waals surface area (Å²) in [4.78, 5) is 19.5. The summed E-state index contributed by atoms with van der Waals surface area (Å²) in [6, 6.07) is 3.56. The molecular formula is C13H12N2O3. The van der Waals surface area contributed by atoms with Crippen LogP contribution in [0.25, 0.3) is 6.08 Å². The SMILES string of the molecule is COC(=O)C1=C(O)/C(=C/c2ccncc2)N=C1C. The van der Waals surface area contributed by atoms with Gasteiger partial charge in [0.05, 0.1) is 12.8 Å². The first-order valence-corrected chi connectivity index (χ1v) is 5.33. The number of pyridine rings is 1. The van der Waals surface area contributed by atoms with Gasteiger partial charge in [0.2, 0.25) is 0 Å². The molecule has 0 aliphatic carbocycles. The number of aliphatic hydroxyl groups excluding tert-OH is 1. The Kier molecular flexibility index (Phi) is 3.23. The lowest BCUT2D eigenvalue weighted by atomic mass is 10.1. The van der Waals surface area contributed by atoms with E-state index in [9.17, 15) is 9.90 Å². The van der Waals surface area contributed by atoms with Crippen LogP contribution in [0, 0.1) is 0 Å². The zero-order valence-electron chi connectivity index (χ0n) is 10.0. The third-order valence-electron chi connectivity index (χ3n) is 2.53. The summed E-state index contributed by atoms with van der Waals surface area (Å²) in [5, 5.41) is 9.96. The minimum Gasteiger partial charge on any atom is -0.505 e. The van der Waals surface area contributed by atoms with Gasteiger partial charge < -0.3 is 9.84 Å². The molecule has 1 aliphatic rings. The lowest BCUT2D eigenvalue weighted by molar-refractivity contribution is -0.135. The van der Waals surface area contributed by atoms with Crippen molar-refractivity contribution in [3.05, 3.63) is 47.1 Å². The van der Waals surface area contributed by atoms with Crippen LogP contribution in [-0.2, 0) is 9.53 Å². The smallest absolute Gasteiger partial charge is 0.343 e. The predicted octanol–water partition coefficient (Wildman–Crippen LogP) is 1.88. The Balaban J connectivity index is 2.42. The topological polar surface area (TPSA) is 71.8 Å². The van der Waals surface area contributed by atoms with Crippen LogP contribution < -0.4 is 0 Å². The van der Waals surface area contributed by atoms with Gasteiger partial charge in [-0.25, -0.2) is 9.79 Å². The molecule has 1 aromatic heterocycles. The van der Waals surface area contributed by atoms with Crippen LogP contribution in [0.4, 0.5) is 0 Å². The van der Waals surface area contributed by atoms with Gasteiger partial charge >= 0.3 is 5.97 Å². The fourth-order valence-corrected chi connectivity index (χ4v) is 1.65. The molecule has 5 heteroatoms. The number of aliphatic imine (C=N–C) groups is 1. The number of rotatable bonds is 2. The van der Waals surface area contributed by atoms with E-state index in [1.54, 1.807) is 37.5 Å². The first-order valence-electron chi connectivity index (χ1n) is 5.33. The molecule has 0 spiro atoms. The molecule has 18 heavy (non-hydrogen) atoms. The number of methoxy groups -OCH3 is 1. The summed E-state index contributed by atoms with van der Waals surface area (Å²) in [6.07, 6.45) is 4.95. The van der Waals surface area contributed by atoms with E-state index in [-0.39, 0.29) is 11.3 Å². The van der Waals surface area contributed by atoms with E-state index < -0.39 is 5.97 Å². The number of carbonyl (C=O) groups excluding carboxylic acids is 1. The van der Waals surface area contributed by atoms with Crippen molar-refractivity contribution in [2.45, 2.75) is 6.92 Å². The van der Waals surface area contributed by atoms with Gasteiger partial charge in [0.15, 0.2) is 5.76 Å². The Morgan fingerprint density at radius 1 is 1.39 bits per heavy atom. The van der Waals surface area contributed by atoms with E-state index in [1.807, 2.05) is 0 Å². The second kappa shape index (κ2) is 4.83. The number of aromatic nitrogens is 1. The molecule has 2 rings (SSSR count). The monoisotopic (exact) mass is 244 g/mol. The number of ether oxygens (including phenoxy) is 1. The van der Waals surface area contributed by atoms with Crippen LogP contribution in [0.1, 0.15) is 12.5 Å². The molecule has 1 N–H and O–H groups in total. The van der Waals surface area contributed by atoms with Crippen molar-refractivity contribution < 1.29 is 14.6 Å². The molecule has 1 aromatic rings. The zero-order valence-corrected chi connectivity index (χ0v) is 10.0. The summed E-state index contributed by atoms with van der Waals surface area (Å²) in [5.41, 5.74) is 1.74. The minimum absolute atomic E-state index is 0.109. The quantitative estimate of drug-likeness (QED) is 0.806. The summed E-state index contributed by atoms with van der Waals surface area (Å²) >= 11 is 0. The molecule has 5 nitrogen and oxygen atoms in total. The maximum atomic E-state index is 11.5. The van der Waals surface area contributed by atoms with Crippen molar-refractivity contribution in [2.24, 2.45) is 4.99 Å². The molecule has 0 aromatic carbocycles. The lowest BCUT2D eigenvalue weighted by Gasteiger charge is -2.00. The van der Waals surface area contributed by atoms with E-state index in [2.05, 4.69) is 14.7 Å². The zero-order chi connectivity index (χ0) is 13.1. The molecule has 2 heterocycles. The van der Waals surface area contributed by atoms with Crippen molar-refractivity contribution >= 4 is 17.8 Å². The Hall–Kier alpha value is -2.43. The average Bonchev–Trinajstić information content (AvgIpc) is 2.65. The highest BCUT2D eigenvalue weighted by Gasteiger charge is 2.26. The van der Waals surface area contributed by atoms with E-state index in [1.165, 1.54) is 7.11 Å². The molecule has 0 atom stereocenters. The van der Waals surface area contributed by atoms with Gasteiger partial charge in [-0.3, -0.25) is 4.98 Å². The van der Waals surface area contributed by atoms with Gasteiger partial charge in [-0.05, 0) is 30.7 Å². The molecule has 0 saturated carbocycles. The molecule has 92 valence electrons. The average molecular weight is 244 g/mol. The fraction of sp³-hybridized carbons (Fsp3) is 0.154. The maximum absolute atomic E-state index is 11.5. The first kappa shape index (κ1) is 12.0. The van der Waals surface area contributed by atoms with Crippen LogP contribution >= 0.6 is 0 Å². The highest BCUT2D eigenvalue weighted by molar-refractivity contribution is 6.21. The number of esters is 1. The fourth-order valence-electron chi connectivity index (χ4n) is 1.65. The summed E-state index contributed by atoms with van der Waals surface area (Å²) in [5.74, 6) is -0.747. The second-order valence-corrected chi connectivity index (χ2v) is 3.72. The number of nitrogens with zero attached hydrogens (tertiary/aromatic N) is 2.